The summed E-state index contributed by atoms with van der Waals surface area (Å²) < 4.78 is 23.4. The molecule has 2 aromatic heterocycles. The highest BCUT2D eigenvalue weighted by atomic mass is 32.1. The minimum absolute atomic E-state index is 0.0356. The number of thiophene rings is 1. The van der Waals surface area contributed by atoms with Crippen LogP contribution in [0.1, 0.15) is 17.0 Å². The zero-order chi connectivity index (χ0) is 20.1. The van der Waals surface area contributed by atoms with Gasteiger partial charge < -0.3 is 9.64 Å². The van der Waals surface area contributed by atoms with Crippen molar-refractivity contribution in [2.24, 2.45) is 0 Å². The molecule has 1 aromatic carbocycles. The van der Waals surface area contributed by atoms with Crippen molar-refractivity contribution in [2.45, 2.75) is 13.0 Å². The van der Waals surface area contributed by atoms with E-state index in [9.17, 15) is 9.18 Å². The number of amides is 1. The number of hydrogen-bond acceptors (Lipinski definition) is 7. The Balaban J connectivity index is 1.21. The van der Waals surface area contributed by atoms with Gasteiger partial charge in [-0.1, -0.05) is 17.3 Å². The summed E-state index contributed by atoms with van der Waals surface area (Å²) >= 11 is 1.70. The molecule has 4 rings (SSSR count). The van der Waals surface area contributed by atoms with E-state index in [4.69, 9.17) is 9.26 Å². The van der Waals surface area contributed by atoms with Crippen molar-refractivity contribution in [1.29, 1.82) is 0 Å². The largest absolute Gasteiger partial charge is 0.439 e. The molecule has 0 radical (unpaired) electrons. The van der Waals surface area contributed by atoms with Crippen LogP contribution in [0.4, 0.5) is 4.39 Å². The summed E-state index contributed by atoms with van der Waals surface area (Å²) in [5.74, 6) is 0.0243. The molecule has 152 valence electrons. The number of piperazine rings is 1. The molecule has 1 aliphatic heterocycles. The van der Waals surface area contributed by atoms with E-state index in [0.717, 1.165) is 25.2 Å². The van der Waals surface area contributed by atoms with Gasteiger partial charge in [-0.2, -0.15) is 16.3 Å². The molecule has 0 unspecified atom stereocenters. The molecule has 1 amide bonds. The SMILES string of the molecule is O=C(COc1nc(Cc2ccc(F)cc2)no1)N1CCN(Cc2ccsc2)CC1. The van der Waals surface area contributed by atoms with E-state index in [0.29, 0.717) is 25.3 Å². The topological polar surface area (TPSA) is 71.7 Å². The fourth-order valence-corrected chi connectivity index (χ4v) is 3.82. The quantitative estimate of drug-likeness (QED) is 0.590. The van der Waals surface area contributed by atoms with E-state index in [1.165, 1.54) is 17.7 Å². The van der Waals surface area contributed by atoms with Crippen LogP contribution >= 0.6 is 11.3 Å². The number of carbonyl (C=O) groups excluding carboxylic acids is 1. The number of halogens is 1. The van der Waals surface area contributed by atoms with Crippen LogP contribution in [0.5, 0.6) is 6.08 Å². The van der Waals surface area contributed by atoms with Crippen molar-refractivity contribution in [2.75, 3.05) is 32.8 Å². The lowest BCUT2D eigenvalue weighted by atomic mass is 10.1. The van der Waals surface area contributed by atoms with Gasteiger partial charge in [0.25, 0.3) is 5.91 Å². The number of aromatic nitrogens is 2. The van der Waals surface area contributed by atoms with E-state index in [2.05, 4.69) is 31.9 Å². The number of hydrogen-bond donors (Lipinski definition) is 0. The lowest BCUT2D eigenvalue weighted by Crippen LogP contribution is -2.49. The summed E-state index contributed by atoms with van der Waals surface area (Å²) in [6.07, 6.45) is 0.360. The second-order valence-corrected chi connectivity index (χ2v) is 7.64. The third kappa shape index (κ3) is 5.39. The summed E-state index contributed by atoms with van der Waals surface area (Å²) in [6.45, 7) is 3.80. The van der Waals surface area contributed by atoms with Crippen LogP contribution in [0, 0.1) is 5.82 Å². The third-order valence-corrected chi connectivity index (χ3v) is 5.49. The second-order valence-electron chi connectivity index (χ2n) is 6.86. The Bertz CT molecular complexity index is 922. The van der Waals surface area contributed by atoms with Gasteiger partial charge in [0.05, 0.1) is 0 Å². The predicted octanol–water partition coefficient (Wildman–Crippen LogP) is 2.58. The van der Waals surface area contributed by atoms with Gasteiger partial charge in [-0.3, -0.25) is 14.2 Å². The summed E-state index contributed by atoms with van der Waals surface area (Å²) in [6, 6.07) is 8.21. The van der Waals surface area contributed by atoms with E-state index >= 15 is 0 Å². The first-order chi connectivity index (χ1) is 14.2. The fourth-order valence-electron chi connectivity index (χ4n) is 3.16. The molecule has 1 saturated heterocycles. The molecule has 1 aliphatic rings. The van der Waals surface area contributed by atoms with Gasteiger partial charge in [-0.05, 0) is 40.1 Å². The molecule has 7 nitrogen and oxygen atoms in total. The lowest BCUT2D eigenvalue weighted by molar-refractivity contribution is -0.135. The van der Waals surface area contributed by atoms with Gasteiger partial charge in [0, 0.05) is 39.1 Å². The van der Waals surface area contributed by atoms with E-state index in [1.807, 2.05) is 0 Å². The van der Waals surface area contributed by atoms with E-state index < -0.39 is 0 Å². The van der Waals surface area contributed by atoms with Crippen molar-refractivity contribution < 1.29 is 18.4 Å². The molecule has 29 heavy (non-hydrogen) atoms. The van der Waals surface area contributed by atoms with Gasteiger partial charge in [0.15, 0.2) is 12.4 Å². The van der Waals surface area contributed by atoms with Crippen LogP contribution in [0.2, 0.25) is 0 Å². The van der Waals surface area contributed by atoms with Crippen LogP contribution in [0.3, 0.4) is 0 Å². The maximum atomic E-state index is 13.0. The van der Waals surface area contributed by atoms with Crippen molar-refractivity contribution in [3.63, 3.8) is 0 Å². The zero-order valence-corrected chi connectivity index (χ0v) is 16.6. The lowest BCUT2D eigenvalue weighted by Gasteiger charge is -2.34. The Morgan fingerprint density at radius 1 is 1.14 bits per heavy atom. The molecule has 1 fully saturated rings. The van der Waals surface area contributed by atoms with Crippen LogP contribution in [0.15, 0.2) is 45.6 Å². The average molecular weight is 416 g/mol. The molecule has 0 saturated carbocycles. The second kappa shape index (κ2) is 9.15. The Morgan fingerprint density at radius 2 is 1.93 bits per heavy atom. The zero-order valence-electron chi connectivity index (χ0n) is 15.8. The van der Waals surface area contributed by atoms with Crippen molar-refractivity contribution in [3.05, 3.63) is 63.9 Å². The highest BCUT2D eigenvalue weighted by Gasteiger charge is 2.22. The van der Waals surface area contributed by atoms with Gasteiger partial charge in [0.1, 0.15) is 5.82 Å². The summed E-state index contributed by atoms with van der Waals surface area (Å²) in [5.41, 5.74) is 2.17. The summed E-state index contributed by atoms with van der Waals surface area (Å²) in [5, 5.41) is 8.07. The normalized spacial score (nSPS) is 14.9. The molecule has 3 heterocycles. The fraction of sp³-hybridized carbons (Fsp3) is 0.350. The number of carbonyl (C=O) groups is 1. The molecular formula is C20H21FN4O3S. The third-order valence-electron chi connectivity index (χ3n) is 4.76. The first kappa shape index (κ1) is 19.5. The molecule has 0 atom stereocenters. The number of nitrogens with zero attached hydrogens (tertiary/aromatic N) is 4. The molecule has 0 bridgehead atoms. The average Bonchev–Trinajstić information content (AvgIpc) is 3.41. The Labute approximate surface area is 171 Å². The first-order valence-corrected chi connectivity index (χ1v) is 10.3. The van der Waals surface area contributed by atoms with Gasteiger partial charge in [-0.25, -0.2) is 4.39 Å². The van der Waals surface area contributed by atoms with Gasteiger partial charge >= 0.3 is 6.08 Å². The van der Waals surface area contributed by atoms with E-state index in [-0.39, 0.29) is 24.4 Å². The summed E-state index contributed by atoms with van der Waals surface area (Å²) in [7, 11) is 0. The van der Waals surface area contributed by atoms with Gasteiger partial charge in [0.2, 0.25) is 0 Å². The summed E-state index contributed by atoms with van der Waals surface area (Å²) in [4.78, 5) is 20.6. The highest BCUT2D eigenvalue weighted by Crippen LogP contribution is 2.14. The molecule has 0 N–H and O–H groups in total. The smallest absolute Gasteiger partial charge is 0.417 e. The predicted molar refractivity (Wildman–Crippen MR) is 105 cm³/mol. The highest BCUT2D eigenvalue weighted by molar-refractivity contribution is 7.07. The van der Waals surface area contributed by atoms with Crippen molar-refractivity contribution >= 4 is 17.2 Å². The molecule has 0 spiro atoms. The number of rotatable bonds is 7. The molecular weight excluding hydrogens is 395 g/mol. The van der Waals surface area contributed by atoms with Crippen LogP contribution in [-0.4, -0.2) is 58.6 Å². The number of benzene rings is 1. The van der Waals surface area contributed by atoms with E-state index in [1.54, 1.807) is 28.4 Å². The minimum Gasteiger partial charge on any atom is -0.439 e. The van der Waals surface area contributed by atoms with Crippen LogP contribution < -0.4 is 4.74 Å². The van der Waals surface area contributed by atoms with Gasteiger partial charge in [-0.15, -0.1) is 0 Å². The van der Waals surface area contributed by atoms with Crippen LogP contribution in [-0.2, 0) is 17.8 Å². The first-order valence-electron chi connectivity index (χ1n) is 9.37. The molecule has 9 heteroatoms. The van der Waals surface area contributed by atoms with Crippen molar-refractivity contribution in [1.82, 2.24) is 19.9 Å². The van der Waals surface area contributed by atoms with Crippen molar-refractivity contribution in [3.8, 4) is 6.08 Å². The van der Waals surface area contributed by atoms with Crippen LogP contribution in [0.25, 0.3) is 0 Å². The molecule has 3 aromatic rings. The number of ether oxygens (including phenoxy) is 1. The standard InChI is InChI=1S/C20H21FN4O3S/c21-17-3-1-15(2-4-17)11-18-22-20(28-23-18)27-13-19(26)25-8-6-24(7-9-25)12-16-5-10-29-14-16/h1-5,10,14H,6-9,11-13H2. The Kier molecular flexibility index (Phi) is 6.16. The maximum absolute atomic E-state index is 13.0. The monoisotopic (exact) mass is 416 g/mol. The maximum Gasteiger partial charge on any atom is 0.417 e. The molecule has 0 aliphatic carbocycles. The Morgan fingerprint density at radius 3 is 2.66 bits per heavy atom. The Hall–Kier alpha value is -2.78. The minimum atomic E-state index is -0.295.